The molecule has 24 heavy (non-hydrogen) atoms. The van der Waals surface area contributed by atoms with Crippen LogP contribution in [0.3, 0.4) is 0 Å². The molecule has 0 unspecified atom stereocenters. The highest BCUT2D eigenvalue weighted by Gasteiger charge is 2.04. The summed E-state index contributed by atoms with van der Waals surface area (Å²) in [6.45, 7) is 5.93. The standard InChI is InChI=1S/C18H25BrN4S/c1-13-14(2)24-17(23-13)9-11-22-18(20-3)21-10-5-7-15-6-4-8-16(19)12-15/h4,6,8,12H,5,7,9-11H2,1-3H3,(H2,20,21,22). The van der Waals surface area contributed by atoms with E-state index in [-0.39, 0.29) is 0 Å². The first-order chi connectivity index (χ1) is 11.6. The number of benzene rings is 1. The number of aromatic nitrogens is 1. The van der Waals surface area contributed by atoms with Crippen molar-refractivity contribution in [2.45, 2.75) is 33.1 Å². The number of thiazole rings is 1. The normalized spacial score (nSPS) is 11.6. The Morgan fingerprint density at radius 2 is 2.00 bits per heavy atom. The van der Waals surface area contributed by atoms with Gasteiger partial charge in [0.2, 0.25) is 0 Å². The lowest BCUT2D eigenvalue weighted by atomic mass is 10.1. The molecule has 1 heterocycles. The summed E-state index contributed by atoms with van der Waals surface area (Å²) in [7, 11) is 1.81. The molecule has 2 rings (SSSR count). The van der Waals surface area contributed by atoms with Crippen LogP contribution in [0.15, 0.2) is 33.7 Å². The predicted molar refractivity (Wildman–Crippen MR) is 107 cm³/mol. The Morgan fingerprint density at radius 1 is 1.21 bits per heavy atom. The molecule has 6 heteroatoms. The van der Waals surface area contributed by atoms with Crippen molar-refractivity contribution >= 4 is 33.2 Å². The lowest BCUT2D eigenvalue weighted by Crippen LogP contribution is -2.38. The van der Waals surface area contributed by atoms with Gasteiger partial charge in [0.15, 0.2) is 5.96 Å². The molecule has 130 valence electrons. The molecule has 0 amide bonds. The van der Waals surface area contributed by atoms with Crippen LogP contribution in [-0.4, -0.2) is 31.1 Å². The zero-order valence-corrected chi connectivity index (χ0v) is 16.9. The first-order valence-electron chi connectivity index (χ1n) is 8.20. The Hall–Kier alpha value is -1.40. The number of aryl methyl sites for hydroxylation is 3. The van der Waals surface area contributed by atoms with E-state index < -0.39 is 0 Å². The van der Waals surface area contributed by atoms with Crippen LogP contribution in [-0.2, 0) is 12.8 Å². The lowest BCUT2D eigenvalue weighted by Gasteiger charge is -2.11. The molecule has 0 fully saturated rings. The molecule has 2 N–H and O–H groups in total. The van der Waals surface area contributed by atoms with Crippen molar-refractivity contribution < 1.29 is 0 Å². The lowest BCUT2D eigenvalue weighted by molar-refractivity contribution is 0.738. The minimum absolute atomic E-state index is 0.845. The smallest absolute Gasteiger partial charge is 0.190 e. The summed E-state index contributed by atoms with van der Waals surface area (Å²) < 4.78 is 1.14. The number of aliphatic imine (C=N–C) groups is 1. The van der Waals surface area contributed by atoms with E-state index in [1.54, 1.807) is 18.4 Å². The van der Waals surface area contributed by atoms with Crippen LogP contribution in [0, 0.1) is 13.8 Å². The third-order valence-electron chi connectivity index (χ3n) is 3.75. The maximum Gasteiger partial charge on any atom is 0.190 e. The fraction of sp³-hybridized carbons (Fsp3) is 0.444. The number of nitrogens with zero attached hydrogens (tertiary/aromatic N) is 2. The largest absolute Gasteiger partial charge is 0.356 e. The van der Waals surface area contributed by atoms with Crippen molar-refractivity contribution in [1.82, 2.24) is 15.6 Å². The van der Waals surface area contributed by atoms with Crippen molar-refractivity contribution in [3.8, 4) is 0 Å². The summed E-state index contributed by atoms with van der Waals surface area (Å²) in [5.74, 6) is 0.856. The second kappa shape index (κ2) is 9.79. The minimum atomic E-state index is 0.845. The second-order valence-corrected chi connectivity index (χ2v) is 7.86. The van der Waals surface area contributed by atoms with E-state index in [0.29, 0.717) is 0 Å². The second-order valence-electron chi connectivity index (χ2n) is 5.66. The van der Waals surface area contributed by atoms with Gasteiger partial charge in [-0.25, -0.2) is 4.98 Å². The van der Waals surface area contributed by atoms with E-state index in [0.717, 1.165) is 48.5 Å². The maximum atomic E-state index is 4.56. The maximum absolute atomic E-state index is 4.56. The van der Waals surface area contributed by atoms with E-state index in [1.165, 1.54) is 15.4 Å². The molecule has 0 aliphatic heterocycles. The molecule has 4 nitrogen and oxygen atoms in total. The third kappa shape index (κ3) is 6.24. The molecule has 0 saturated carbocycles. The fourth-order valence-electron chi connectivity index (χ4n) is 2.35. The summed E-state index contributed by atoms with van der Waals surface area (Å²) in [6.07, 6.45) is 3.06. The van der Waals surface area contributed by atoms with Gasteiger partial charge < -0.3 is 10.6 Å². The highest BCUT2D eigenvalue weighted by atomic mass is 79.9. The van der Waals surface area contributed by atoms with Crippen LogP contribution in [0.5, 0.6) is 0 Å². The molecule has 1 aromatic heterocycles. The summed E-state index contributed by atoms with van der Waals surface area (Å²) in [4.78, 5) is 10.1. The minimum Gasteiger partial charge on any atom is -0.356 e. The molecule has 2 aromatic rings. The molecule has 0 aliphatic carbocycles. The summed E-state index contributed by atoms with van der Waals surface area (Å²) in [5.41, 5.74) is 2.49. The number of hydrogen-bond donors (Lipinski definition) is 2. The van der Waals surface area contributed by atoms with Gasteiger partial charge in [-0.2, -0.15) is 0 Å². The van der Waals surface area contributed by atoms with E-state index in [4.69, 9.17) is 0 Å². The SMILES string of the molecule is CN=C(NCCCc1cccc(Br)c1)NCCc1nc(C)c(C)s1. The van der Waals surface area contributed by atoms with Crippen LogP contribution in [0.25, 0.3) is 0 Å². The Kier molecular flexibility index (Phi) is 7.72. The topological polar surface area (TPSA) is 49.3 Å². The van der Waals surface area contributed by atoms with Crippen molar-refractivity contribution in [1.29, 1.82) is 0 Å². The average Bonchev–Trinajstić information content (AvgIpc) is 2.88. The molecule has 0 saturated heterocycles. The molecule has 0 spiro atoms. The number of rotatable bonds is 7. The molecule has 0 aliphatic rings. The molecular formula is C18H25BrN4S. The van der Waals surface area contributed by atoms with Crippen molar-refractivity contribution in [2.75, 3.05) is 20.1 Å². The predicted octanol–water partition coefficient (Wildman–Crippen LogP) is 3.86. The molecular weight excluding hydrogens is 384 g/mol. The average molecular weight is 409 g/mol. The third-order valence-corrected chi connectivity index (χ3v) is 5.38. The number of nitrogens with one attached hydrogen (secondary N) is 2. The highest BCUT2D eigenvalue weighted by molar-refractivity contribution is 9.10. The van der Waals surface area contributed by atoms with E-state index in [1.807, 2.05) is 0 Å². The van der Waals surface area contributed by atoms with Crippen LogP contribution in [0.1, 0.15) is 27.6 Å². The number of halogens is 1. The Morgan fingerprint density at radius 3 is 2.67 bits per heavy atom. The Balaban J connectivity index is 1.65. The van der Waals surface area contributed by atoms with Crippen molar-refractivity contribution in [3.05, 3.63) is 49.9 Å². The Labute approximate surface area is 156 Å². The number of hydrogen-bond acceptors (Lipinski definition) is 3. The summed E-state index contributed by atoms with van der Waals surface area (Å²) in [5, 5.41) is 7.90. The van der Waals surface area contributed by atoms with E-state index >= 15 is 0 Å². The van der Waals surface area contributed by atoms with E-state index in [2.05, 4.69) is 74.7 Å². The van der Waals surface area contributed by atoms with Gasteiger partial charge in [-0.15, -0.1) is 11.3 Å². The van der Waals surface area contributed by atoms with Gasteiger partial charge in [0, 0.05) is 35.9 Å². The van der Waals surface area contributed by atoms with Crippen LogP contribution < -0.4 is 10.6 Å². The molecule has 0 radical (unpaired) electrons. The highest BCUT2D eigenvalue weighted by Crippen LogP contribution is 2.16. The van der Waals surface area contributed by atoms with Gasteiger partial charge in [0.05, 0.1) is 10.7 Å². The van der Waals surface area contributed by atoms with Gasteiger partial charge in [-0.05, 0) is 44.4 Å². The molecule has 0 atom stereocenters. The zero-order chi connectivity index (χ0) is 17.4. The quantitative estimate of drug-likeness (QED) is 0.415. The van der Waals surface area contributed by atoms with Gasteiger partial charge in [0.1, 0.15) is 0 Å². The monoisotopic (exact) mass is 408 g/mol. The van der Waals surface area contributed by atoms with E-state index in [9.17, 15) is 0 Å². The fourth-order valence-corrected chi connectivity index (χ4v) is 3.73. The molecule has 1 aromatic carbocycles. The Bertz CT molecular complexity index is 662. The van der Waals surface area contributed by atoms with Crippen LogP contribution in [0.2, 0.25) is 0 Å². The first kappa shape index (κ1) is 18.9. The van der Waals surface area contributed by atoms with Gasteiger partial charge >= 0.3 is 0 Å². The zero-order valence-electron chi connectivity index (χ0n) is 14.5. The van der Waals surface area contributed by atoms with Gasteiger partial charge in [-0.1, -0.05) is 28.1 Å². The summed E-state index contributed by atoms with van der Waals surface area (Å²) in [6, 6.07) is 8.47. The summed E-state index contributed by atoms with van der Waals surface area (Å²) >= 11 is 5.29. The van der Waals surface area contributed by atoms with Gasteiger partial charge in [-0.3, -0.25) is 4.99 Å². The molecule has 0 bridgehead atoms. The number of guanidine groups is 1. The first-order valence-corrected chi connectivity index (χ1v) is 9.81. The van der Waals surface area contributed by atoms with Crippen molar-refractivity contribution in [2.24, 2.45) is 4.99 Å². The van der Waals surface area contributed by atoms with Gasteiger partial charge in [0.25, 0.3) is 0 Å². The van der Waals surface area contributed by atoms with Crippen molar-refractivity contribution in [3.63, 3.8) is 0 Å². The van der Waals surface area contributed by atoms with Crippen LogP contribution in [0.4, 0.5) is 0 Å². The van der Waals surface area contributed by atoms with Crippen LogP contribution >= 0.6 is 27.3 Å².